The molecule has 0 amide bonds. The molecule has 1 aromatic heterocycles. The molecule has 1 aromatic rings. The van der Waals surface area contributed by atoms with Gasteiger partial charge >= 0.3 is 0 Å². The first-order chi connectivity index (χ1) is 8.61. The molecule has 1 N–H and O–H groups in total. The largest absolute Gasteiger partial charge is 0.314 e. The molecule has 4 heteroatoms. The molecule has 0 spiro atoms. The van der Waals surface area contributed by atoms with Gasteiger partial charge in [0.1, 0.15) is 0 Å². The molecule has 1 aliphatic rings. The normalized spacial score (nSPS) is 17.1. The van der Waals surface area contributed by atoms with Crippen LogP contribution in [0.15, 0.2) is 0 Å². The minimum absolute atomic E-state index is 0.546. The van der Waals surface area contributed by atoms with E-state index in [1.807, 2.05) is 18.7 Å². The highest BCUT2D eigenvalue weighted by Gasteiger charge is 2.26. The zero-order chi connectivity index (χ0) is 13.1. The van der Waals surface area contributed by atoms with Crippen LogP contribution in [0.2, 0.25) is 5.02 Å². The summed E-state index contributed by atoms with van der Waals surface area (Å²) in [5, 5.41) is 8.89. The van der Waals surface area contributed by atoms with Crippen molar-refractivity contribution in [3.05, 3.63) is 16.4 Å². The van der Waals surface area contributed by atoms with Crippen LogP contribution in [0.5, 0.6) is 0 Å². The molecule has 2 rings (SSSR count). The molecule has 3 nitrogen and oxygen atoms in total. The van der Waals surface area contributed by atoms with Crippen LogP contribution in [0.1, 0.15) is 44.0 Å². The fraction of sp³-hybridized carbons (Fsp3) is 0.786. The first kappa shape index (κ1) is 13.9. The van der Waals surface area contributed by atoms with Crippen LogP contribution < -0.4 is 5.32 Å². The highest BCUT2D eigenvalue weighted by molar-refractivity contribution is 6.31. The van der Waals surface area contributed by atoms with E-state index in [4.69, 9.17) is 11.6 Å². The Morgan fingerprint density at radius 1 is 1.50 bits per heavy atom. The highest BCUT2D eigenvalue weighted by Crippen LogP contribution is 2.34. The maximum Gasteiger partial charge on any atom is 0.0847 e. The van der Waals surface area contributed by atoms with E-state index in [1.165, 1.54) is 31.4 Å². The van der Waals surface area contributed by atoms with Gasteiger partial charge in [-0.1, -0.05) is 31.4 Å². The van der Waals surface area contributed by atoms with Gasteiger partial charge in [0, 0.05) is 19.5 Å². The van der Waals surface area contributed by atoms with Crippen LogP contribution in [-0.2, 0) is 13.5 Å². The van der Waals surface area contributed by atoms with E-state index in [2.05, 4.69) is 17.3 Å². The molecular formula is C14H24ClN3. The molecule has 102 valence electrons. The van der Waals surface area contributed by atoms with Crippen molar-refractivity contribution in [1.29, 1.82) is 0 Å². The third kappa shape index (κ3) is 3.48. The van der Waals surface area contributed by atoms with Gasteiger partial charge in [-0.2, -0.15) is 5.10 Å². The number of hydrogen-bond acceptors (Lipinski definition) is 2. The van der Waals surface area contributed by atoms with Gasteiger partial charge in [-0.3, -0.25) is 4.68 Å². The quantitative estimate of drug-likeness (QED) is 0.824. The summed E-state index contributed by atoms with van der Waals surface area (Å²) in [6.07, 6.45) is 6.26. The van der Waals surface area contributed by atoms with Crippen LogP contribution in [0.4, 0.5) is 0 Å². The van der Waals surface area contributed by atoms with E-state index in [0.717, 1.165) is 29.6 Å². The number of aromatic nitrogens is 2. The second-order valence-electron chi connectivity index (χ2n) is 5.50. The van der Waals surface area contributed by atoms with E-state index in [1.54, 1.807) is 0 Å². The van der Waals surface area contributed by atoms with E-state index in [-0.39, 0.29) is 0 Å². The number of aryl methyl sites for hydroxylation is 2. The minimum atomic E-state index is 0.546. The molecule has 0 bridgehead atoms. The van der Waals surface area contributed by atoms with Gasteiger partial charge in [0.25, 0.3) is 0 Å². The van der Waals surface area contributed by atoms with Crippen LogP contribution in [0.3, 0.4) is 0 Å². The monoisotopic (exact) mass is 269 g/mol. The maximum absolute atomic E-state index is 6.33. The summed E-state index contributed by atoms with van der Waals surface area (Å²) in [4.78, 5) is 0. The van der Waals surface area contributed by atoms with E-state index < -0.39 is 0 Å². The summed E-state index contributed by atoms with van der Waals surface area (Å²) in [7, 11) is 1.99. The summed E-state index contributed by atoms with van der Waals surface area (Å²) in [6.45, 7) is 5.27. The van der Waals surface area contributed by atoms with E-state index in [0.29, 0.717) is 6.04 Å². The second kappa shape index (κ2) is 6.07. The second-order valence-corrected chi connectivity index (χ2v) is 5.88. The Balaban J connectivity index is 2.01. The van der Waals surface area contributed by atoms with Crippen molar-refractivity contribution in [2.24, 2.45) is 13.0 Å². The number of halogens is 1. The van der Waals surface area contributed by atoms with Gasteiger partial charge in [0.15, 0.2) is 0 Å². The molecule has 0 radical (unpaired) electrons. The summed E-state index contributed by atoms with van der Waals surface area (Å²) < 4.78 is 1.94. The van der Waals surface area contributed by atoms with Crippen molar-refractivity contribution in [1.82, 2.24) is 15.1 Å². The summed E-state index contributed by atoms with van der Waals surface area (Å²) in [5.74, 6) is 0.937. The molecule has 1 aliphatic carbocycles. The minimum Gasteiger partial charge on any atom is -0.314 e. The van der Waals surface area contributed by atoms with Gasteiger partial charge in [-0.25, -0.2) is 0 Å². The fourth-order valence-corrected chi connectivity index (χ4v) is 2.72. The molecule has 1 fully saturated rings. The van der Waals surface area contributed by atoms with Crippen molar-refractivity contribution >= 4 is 11.6 Å². The van der Waals surface area contributed by atoms with Crippen molar-refractivity contribution in [3.63, 3.8) is 0 Å². The maximum atomic E-state index is 6.33. The van der Waals surface area contributed by atoms with Gasteiger partial charge < -0.3 is 5.32 Å². The highest BCUT2D eigenvalue weighted by atomic mass is 35.5. The predicted molar refractivity (Wildman–Crippen MR) is 76.1 cm³/mol. The van der Waals surface area contributed by atoms with Gasteiger partial charge in [-0.05, 0) is 32.2 Å². The summed E-state index contributed by atoms with van der Waals surface area (Å²) >= 11 is 6.33. The summed E-state index contributed by atoms with van der Waals surface area (Å²) in [5.41, 5.74) is 2.11. The molecule has 1 saturated carbocycles. The summed E-state index contributed by atoms with van der Waals surface area (Å²) in [6, 6.07) is 0.546. The third-order valence-corrected chi connectivity index (χ3v) is 4.19. The number of nitrogens with one attached hydrogen (secondary N) is 1. The average Bonchev–Trinajstić information content (AvgIpc) is 3.11. The Labute approximate surface area is 115 Å². The fourth-order valence-electron chi connectivity index (χ4n) is 2.48. The topological polar surface area (TPSA) is 29.9 Å². The van der Waals surface area contributed by atoms with Crippen molar-refractivity contribution in [2.45, 2.75) is 52.0 Å². The zero-order valence-electron chi connectivity index (χ0n) is 11.7. The first-order valence-electron chi connectivity index (χ1n) is 7.03. The third-order valence-electron chi connectivity index (χ3n) is 3.70. The van der Waals surface area contributed by atoms with E-state index >= 15 is 0 Å². The van der Waals surface area contributed by atoms with Crippen molar-refractivity contribution in [2.75, 3.05) is 6.54 Å². The lowest BCUT2D eigenvalue weighted by atomic mass is 10.0. The molecule has 1 unspecified atom stereocenters. The van der Waals surface area contributed by atoms with Crippen molar-refractivity contribution in [3.8, 4) is 0 Å². The van der Waals surface area contributed by atoms with Gasteiger partial charge in [0.2, 0.25) is 0 Å². The molecule has 0 aliphatic heterocycles. The average molecular weight is 270 g/mol. The van der Waals surface area contributed by atoms with Crippen molar-refractivity contribution < 1.29 is 0 Å². The standard InChI is InChI=1S/C14H24ClN3/c1-4-7-16-12(8-11-5-6-11)9-13-14(15)10(2)17-18(13)3/h11-12,16H,4-9H2,1-3H3. The van der Waals surface area contributed by atoms with E-state index in [9.17, 15) is 0 Å². The molecular weight excluding hydrogens is 246 g/mol. The zero-order valence-corrected chi connectivity index (χ0v) is 12.4. The molecule has 1 atom stereocenters. The van der Waals surface area contributed by atoms with Crippen LogP contribution in [0, 0.1) is 12.8 Å². The van der Waals surface area contributed by atoms with Gasteiger partial charge in [-0.15, -0.1) is 0 Å². The predicted octanol–water partition coefficient (Wildman–Crippen LogP) is 3.09. The molecule has 0 aromatic carbocycles. The number of nitrogens with zero attached hydrogens (tertiary/aromatic N) is 2. The Morgan fingerprint density at radius 3 is 2.72 bits per heavy atom. The van der Waals surface area contributed by atoms with Crippen LogP contribution in [-0.4, -0.2) is 22.4 Å². The van der Waals surface area contributed by atoms with Crippen LogP contribution in [0.25, 0.3) is 0 Å². The molecule has 1 heterocycles. The van der Waals surface area contributed by atoms with Crippen LogP contribution >= 0.6 is 11.6 Å². The number of hydrogen-bond donors (Lipinski definition) is 1. The van der Waals surface area contributed by atoms with Gasteiger partial charge in [0.05, 0.1) is 16.4 Å². The lowest BCUT2D eigenvalue weighted by Gasteiger charge is -2.18. The Kier molecular flexibility index (Phi) is 4.68. The Hall–Kier alpha value is -0.540. The molecule has 0 saturated heterocycles. The SMILES string of the molecule is CCCNC(Cc1c(Cl)c(C)nn1C)CC1CC1. The lowest BCUT2D eigenvalue weighted by Crippen LogP contribution is -2.33. The first-order valence-corrected chi connectivity index (χ1v) is 7.41. The smallest absolute Gasteiger partial charge is 0.0847 e. The Bertz CT molecular complexity index is 396. The lowest BCUT2D eigenvalue weighted by molar-refractivity contribution is 0.445. The number of rotatable bonds is 7. The molecule has 18 heavy (non-hydrogen) atoms. The Morgan fingerprint density at radius 2 is 2.22 bits per heavy atom.